The summed E-state index contributed by atoms with van der Waals surface area (Å²) >= 11 is 0. The number of rotatable bonds is 3. The van der Waals surface area contributed by atoms with Crippen molar-refractivity contribution in [2.45, 2.75) is 6.92 Å². The molecule has 2 aromatic rings. The van der Waals surface area contributed by atoms with Crippen molar-refractivity contribution in [2.24, 2.45) is 10.9 Å². The number of oxime groups is 1. The summed E-state index contributed by atoms with van der Waals surface area (Å²) in [6, 6.07) is 6.51. The van der Waals surface area contributed by atoms with Crippen molar-refractivity contribution in [3.8, 4) is 5.75 Å². The van der Waals surface area contributed by atoms with Crippen LogP contribution < -0.4 is 11.1 Å². The fourth-order valence-electron chi connectivity index (χ4n) is 1.93. The first-order valence-electron chi connectivity index (χ1n) is 6.06. The molecule has 0 aliphatic rings. The predicted octanol–water partition coefficient (Wildman–Crippen LogP) is 1.44. The third kappa shape index (κ3) is 2.92. The van der Waals surface area contributed by atoms with E-state index in [2.05, 4.69) is 15.5 Å². The van der Waals surface area contributed by atoms with Crippen molar-refractivity contribution in [3.05, 3.63) is 53.3 Å². The molecule has 1 aromatic carbocycles. The molecule has 1 heterocycles. The zero-order valence-electron chi connectivity index (χ0n) is 11.2. The summed E-state index contributed by atoms with van der Waals surface area (Å²) in [7, 11) is 0. The van der Waals surface area contributed by atoms with Crippen LogP contribution in [0.2, 0.25) is 0 Å². The first kappa shape index (κ1) is 14.3. The number of anilines is 1. The van der Waals surface area contributed by atoms with E-state index in [1.165, 1.54) is 18.5 Å². The molecule has 7 heteroatoms. The molecule has 0 aliphatic heterocycles. The number of hydrogen-bond donors (Lipinski definition) is 4. The van der Waals surface area contributed by atoms with Crippen LogP contribution in [-0.4, -0.2) is 27.0 Å². The number of hydrogen-bond acceptors (Lipinski definition) is 5. The molecule has 0 bridgehead atoms. The van der Waals surface area contributed by atoms with Gasteiger partial charge >= 0.3 is 0 Å². The smallest absolute Gasteiger partial charge is 0.259 e. The average molecular weight is 286 g/mol. The number of nitrogens with zero attached hydrogens (tertiary/aromatic N) is 2. The molecule has 21 heavy (non-hydrogen) atoms. The topological polar surface area (TPSA) is 121 Å². The van der Waals surface area contributed by atoms with Crippen LogP contribution >= 0.6 is 0 Å². The fourth-order valence-corrected chi connectivity index (χ4v) is 1.93. The van der Waals surface area contributed by atoms with E-state index in [-0.39, 0.29) is 17.1 Å². The average Bonchev–Trinajstić information content (AvgIpc) is 2.47. The molecule has 0 saturated carbocycles. The van der Waals surface area contributed by atoms with Crippen molar-refractivity contribution in [1.29, 1.82) is 0 Å². The highest BCUT2D eigenvalue weighted by Gasteiger charge is 2.15. The Labute approximate surface area is 120 Å². The summed E-state index contributed by atoms with van der Waals surface area (Å²) in [5, 5.41) is 24.0. The van der Waals surface area contributed by atoms with Gasteiger partial charge in [0.2, 0.25) is 0 Å². The molecule has 5 N–H and O–H groups in total. The second-order valence-electron chi connectivity index (χ2n) is 4.33. The molecule has 0 saturated heterocycles. The highest BCUT2D eigenvalue weighted by Crippen LogP contribution is 2.22. The Morgan fingerprint density at radius 3 is 2.81 bits per heavy atom. The zero-order valence-corrected chi connectivity index (χ0v) is 11.2. The monoisotopic (exact) mass is 286 g/mol. The molecule has 0 atom stereocenters. The Balaban J connectivity index is 2.39. The molecule has 0 spiro atoms. The maximum atomic E-state index is 12.2. The van der Waals surface area contributed by atoms with E-state index < -0.39 is 5.91 Å². The maximum absolute atomic E-state index is 12.2. The quantitative estimate of drug-likeness (QED) is 0.294. The molecular formula is C14H14N4O3. The van der Waals surface area contributed by atoms with Gasteiger partial charge < -0.3 is 21.4 Å². The van der Waals surface area contributed by atoms with E-state index >= 15 is 0 Å². The normalized spacial score (nSPS) is 11.2. The summed E-state index contributed by atoms with van der Waals surface area (Å²) in [5.74, 6) is -0.858. The summed E-state index contributed by atoms with van der Waals surface area (Å²) in [4.78, 5) is 15.9. The molecule has 1 amide bonds. The minimum atomic E-state index is -0.521. The van der Waals surface area contributed by atoms with Gasteiger partial charge in [-0.25, -0.2) is 0 Å². The van der Waals surface area contributed by atoms with Crippen LogP contribution in [0.25, 0.3) is 0 Å². The number of nitrogens with one attached hydrogen (secondary N) is 1. The zero-order chi connectivity index (χ0) is 15.4. The summed E-state index contributed by atoms with van der Waals surface area (Å²) in [5.41, 5.74) is 7.25. The van der Waals surface area contributed by atoms with Crippen LogP contribution in [0, 0.1) is 6.92 Å². The number of benzene rings is 1. The van der Waals surface area contributed by atoms with E-state index in [1.54, 1.807) is 25.1 Å². The Kier molecular flexibility index (Phi) is 4.03. The molecular weight excluding hydrogens is 272 g/mol. The Bertz CT molecular complexity index is 713. The molecule has 0 unspecified atom stereocenters. The Hall–Kier alpha value is -3.09. The highest BCUT2D eigenvalue weighted by atomic mass is 16.4. The van der Waals surface area contributed by atoms with Crippen LogP contribution in [0.3, 0.4) is 0 Å². The minimum absolute atomic E-state index is 0.0805. The van der Waals surface area contributed by atoms with E-state index in [0.717, 1.165) is 5.56 Å². The van der Waals surface area contributed by atoms with Gasteiger partial charge in [0.25, 0.3) is 5.91 Å². The lowest BCUT2D eigenvalue weighted by molar-refractivity contribution is 0.102. The van der Waals surface area contributed by atoms with E-state index in [4.69, 9.17) is 10.9 Å². The molecule has 0 radical (unpaired) electrons. The third-order valence-electron chi connectivity index (χ3n) is 2.93. The number of amides is 1. The first-order chi connectivity index (χ1) is 10.0. The molecule has 1 aromatic heterocycles. The lowest BCUT2D eigenvalue weighted by atomic mass is 10.1. The summed E-state index contributed by atoms with van der Waals surface area (Å²) in [6.07, 6.45) is 2.57. The van der Waals surface area contributed by atoms with Crippen molar-refractivity contribution >= 4 is 17.4 Å². The van der Waals surface area contributed by atoms with Gasteiger partial charge in [0.1, 0.15) is 5.75 Å². The Morgan fingerprint density at radius 1 is 1.38 bits per heavy atom. The number of aryl methyl sites for hydroxylation is 1. The van der Waals surface area contributed by atoms with Gasteiger partial charge in [0, 0.05) is 11.8 Å². The predicted molar refractivity (Wildman–Crippen MR) is 77.5 cm³/mol. The van der Waals surface area contributed by atoms with Crippen molar-refractivity contribution in [3.63, 3.8) is 0 Å². The molecule has 7 nitrogen and oxygen atoms in total. The van der Waals surface area contributed by atoms with Gasteiger partial charge in [-0.3, -0.25) is 9.78 Å². The van der Waals surface area contributed by atoms with Crippen molar-refractivity contribution in [1.82, 2.24) is 4.98 Å². The second-order valence-corrected chi connectivity index (χ2v) is 4.33. The summed E-state index contributed by atoms with van der Waals surface area (Å²) in [6.45, 7) is 1.77. The number of amidine groups is 1. The highest BCUT2D eigenvalue weighted by molar-refractivity contribution is 6.11. The van der Waals surface area contributed by atoms with E-state index in [0.29, 0.717) is 11.3 Å². The van der Waals surface area contributed by atoms with Crippen LogP contribution in [0.5, 0.6) is 5.75 Å². The molecule has 108 valence electrons. The van der Waals surface area contributed by atoms with Gasteiger partial charge in [-0.05, 0) is 24.6 Å². The SMILES string of the molecule is Cc1cccc(NC(=O)c2ccncc2O)c1/C(N)=N/O. The van der Waals surface area contributed by atoms with E-state index in [1.807, 2.05) is 0 Å². The van der Waals surface area contributed by atoms with E-state index in [9.17, 15) is 9.90 Å². The van der Waals surface area contributed by atoms with Gasteiger partial charge in [-0.15, -0.1) is 0 Å². The van der Waals surface area contributed by atoms with Gasteiger partial charge in [0.05, 0.1) is 17.4 Å². The number of nitrogens with two attached hydrogens (primary N) is 1. The summed E-state index contributed by atoms with van der Waals surface area (Å²) < 4.78 is 0. The molecule has 2 rings (SSSR count). The molecule has 0 fully saturated rings. The lowest BCUT2D eigenvalue weighted by Crippen LogP contribution is -2.20. The second kappa shape index (κ2) is 5.91. The number of aromatic hydroxyl groups is 1. The van der Waals surface area contributed by atoms with Crippen molar-refractivity contribution < 1.29 is 15.1 Å². The first-order valence-corrected chi connectivity index (χ1v) is 6.06. The number of carbonyl (C=O) groups excluding carboxylic acids is 1. The number of carbonyl (C=O) groups is 1. The molecule has 0 aliphatic carbocycles. The third-order valence-corrected chi connectivity index (χ3v) is 2.93. The van der Waals surface area contributed by atoms with Crippen LogP contribution in [0.1, 0.15) is 21.5 Å². The van der Waals surface area contributed by atoms with Gasteiger partial charge in [-0.2, -0.15) is 0 Å². The van der Waals surface area contributed by atoms with Crippen molar-refractivity contribution in [2.75, 3.05) is 5.32 Å². The standard InChI is InChI=1S/C14H14N4O3/c1-8-3-2-4-10(12(8)13(15)18-21)17-14(20)9-5-6-16-7-11(9)19/h2-7,19,21H,1H3,(H2,15,18)(H,17,20). The lowest BCUT2D eigenvalue weighted by Gasteiger charge is -2.13. The number of pyridine rings is 1. The fraction of sp³-hybridized carbons (Fsp3) is 0.0714. The van der Waals surface area contributed by atoms with Crippen LogP contribution in [0.4, 0.5) is 5.69 Å². The van der Waals surface area contributed by atoms with Crippen LogP contribution in [0.15, 0.2) is 41.8 Å². The van der Waals surface area contributed by atoms with Gasteiger partial charge in [0.15, 0.2) is 5.84 Å². The minimum Gasteiger partial charge on any atom is -0.505 e. The maximum Gasteiger partial charge on any atom is 0.259 e. The van der Waals surface area contributed by atoms with Gasteiger partial charge in [-0.1, -0.05) is 17.3 Å². The van der Waals surface area contributed by atoms with Crippen LogP contribution in [-0.2, 0) is 0 Å². The largest absolute Gasteiger partial charge is 0.505 e. The number of aromatic nitrogens is 1. The Morgan fingerprint density at radius 2 is 2.14 bits per heavy atom.